The molecule has 0 amide bonds. The Balaban J connectivity index is 2.07. The van der Waals surface area contributed by atoms with Crippen LogP contribution in [0.15, 0.2) is 24.5 Å². The first-order chi connectivity index (χ1) is 7.58. The predicted octanol–water partition coefficient (Wildman–Crippen LogP) is 2.03. The van der Waals surface area contributed by atoms with Crippen molar-refractivity contribution in [2.45, 2.75) is 38.8 Å². The number of carbonyl (C=O) groups is 1. The van der Waals surface area contributed by atoms with Crippen molar-refractivity contribution in [2.24, 2.45) is 0 Å². The SMILES string of the molecule is CC1(C)CC(=O)CCN1Cc1ccncc1. The zero-order chi connectivity index (χ0) is 11.6. The van der Waals surface area contributed by atoms with Gasteiger partial charge in [-0.3, -0.25) is 14.7 Å². The van der Waals surface area contributed by atoms with Gasteiger partial charge in [0.1, 0.15) is 5.78 Å². The monoisotopic (exact) mass is 218 g/mol. The van der Waals surface area contributed by atoms with E-state index in [0.717, 1.165) is 13.1 Å². The second-order valence-electron chi connectivity index (χ2n) is 5.05. The van der Waals surface area contributed by atoms with Crippen LogP contribution in [-0.2, 0) is 11.3 Å². The van der Waals surface area contributed by atoms with Crippen molar-refractivity contribution in [1.29, 1.82) is 0 Å². The van der Waals surface area contributed by atoms with E-state index >= 15 is 0 Å². The molecular formula is C13H18N2O. The number of hydrogen-bond donors (Lipinski definition) is 0. The van der Waals surface area contributed by atoms with Gasteiger partial charge in [-0.15, -0.1) is 0 Å². The molecule has 0 radical (unpaired) electrons. The topological polar surface area (TPSA) is 33.2 Å². The lowest BCUT2D eigenvalue weighted by atomic mass is 9.89. The number of Topliss-reactive ketones (excluding diaryl/α,β-unsaturated/α-hetero) is 1. The molecule has 1 aromatic rings. The minimum absolute atomic E-state index is 0.0153. The van der Waals surface area contributed by atoms with Crippen LogP contribution in [0.5, 0.6) is 0 Å². The second kappa shape index (κ2) is 4.34. The van der Waals surface area contributed by atoms with Crippen molar-refractivity contribution in [1.82, 2.24) is 9.88 Å². The summed E-state index contributed by atoms with van der Waals surface area (Å²) in [6, 6.07) is 4.07. The number of hydrogen-bond acceptors (Lipinski definition) is 3. The maximum Gasteiger partial charge on any atom is 0.136 e. The van der Waals surface area contributed by atoms with E-state index in [1.165, 1.54) is 5.56 Å². The van der Waals surface area contributed by atoms with E-state index in [-0.39, 0.29) is 5.54 Å². The van der Waals surface area contributed by atoms with Gasteiger partial charge in [-0.25, -0.2) is 0 Å². The fourth-order valence-corrected chi connectivity index (χ4v) is 2.25. The van der Waals surface area contributed by atoms with Crippen LogP contribution in [0.4, 0.5) is 0 Å². The molecule has 0 spiro atoms. The molecule has 2 heterocycles. The molecule has 0 atom stereocenters. The molecule has 0 saturated carbocycles. The van der Waals surface area contributed by atoms with Crippen LogP contribution >= 0.6 is 0 Å². The summed E-state index contributed by atoms with van der Waals surface area (Å²) < 4.78 is 0. The Hall–Kier alpha value is -1.22. The summed E-state index contributed by atoms with van der Waals surface area (Å²) in [4.78, 5) is 17.8. The Bertz CT molecular complexity index is 373. The zero-order valence-electron chi connectivity index (χ0n) is 9.94. The third-order valence-corrected chi connectivity index (χ3v) is 3.27. The van der Waals surface area contributed by atoms with Crippen LogP contribution in [0.25, 0.3) is 0 Å². The molecule has 1 aliphatic rings. The van der Waals surface area contributed by atoms with Gasteiger partial charge in [0.15, 0.2) is 0 Å². The average Bonchev–Trinajstić information content (AvgIpc) is 2.23. The molecule has 0 unspecified atom stereocenters. The van der Waals surface area contributed by atoms with Crippen molar-refractivity contribution in [3.05, 3.63) is 30.1 Å². The molecular weight excluding hydrogens is 200 g/mol. The minimum atomic E-state index is -0.0153. The molecule has 86 valence electrons. The first-order valence-electron chi connectivity index (χ1n) is 5.73. The Morgan fingerprint density at radius 3 is 2.69 bits per heavy atom. The van der Waals surface area contributed by atoms with E-state index in [9.17, 15) is 4.79 Å². The maximum atomic E-state index is 11.4. The Morgan fingerprint density at radius 2 is 2.06 bits per heavy atom. The fraction of sp³-hybridized carbons (Fsp3) is 0.538. The highest BCUT2D eigenvalue weighted by atomic mass is 16.1. The molecule has 0 aromatic carbocycles. The lowest BCUT2D eigenvalue weighted by molar-refractivity contribution is -0.125. The predicted molar refractivity (Wildman–Crippen MR) is 63.0 cm³/mol. The summed E-state index contributed by atoms with van der Waals surface area (Å²) >= 11 is 0. The normalized spacial score (nSPS) is 21.0. The molecule has 3 heteroatoms. The number of pyridine rings is 1. The number of carbonyl (C=O) groups excluding carboxylic acids is 1. The molecule has 3 nitrogen and oxygen atoms in total. The number of aromatic nitrogens is 1. The summed E-state index contributed by atoms with van der Waals surface area (Å²) in [5.41, 5.74) is 1.25. The average molecular weight is 218 g/mol. The highest BCUT2D eigenvalue weighted by Gasteiger charge is 2.33. The Labute approximate surface area is 96.5 Å². The van der Waals surface area contributed by atoms with Crippen molar-refractivity contribution >= 4 is 5.78 Å². The maximum absolute atomic E-state index is 11.4. The van der Waals surface area contributed by atoms with E-state index in [0.29, 0.717) is 18.6 Å². The zero-order valence-corrected chi connectivity index (χ0v) is 9.94. The molecule has 0 aliphatic carbocycles. The quantitative estimate of drug-likeness (QED) is 0.761. The molecule has 1 saturated heterocycles. The van der Waals surface area contributed by atoms with Gasteiger partial charge in [-0.1, -0.05) is 0 Å². The third-order valence-electron chi connectivity index (χ3n) is 3.27. The van der Waals surface area contributed by atoms with Gasteiger partial charge in [-0.05, 0) is 31.5 Å². The Morgan fingerprint density at radius 1 is 1.38 bits per heavy atom. The van der Waals surface area contributed by atoms with Crippen molar-refractivity contribution in [2.75, 3.05) is 6.54 Å². The molecule has 16 heavy (non-hydrogen) atoms. The number of ketones is 1. The van der Waals surface area contributed by atoms with Gasteiger partial charge in [0, 0.05) is 43.9 Å². The van der Waals surface area contributed by atoms with Gasteiger partial charge < -0.3 is 0 Å². The highest BCUT2D eigenvalue weighted by molar-refractivity contribution is 5.80. The molecule has 1 aromatic heterocycles. The smallest absolute Gasteiger partial charge is 0.136 e. The van der Waals surface area contributed by atoms with Crippen molar-refractivity contribution in [3.63, 3.8) is 0 Å². The minimum Gasteiger partial charge on any atom is -0.300 e. The lowest BCUT2D eigenvalue weighted by Gasteiger charge is -2.41. The lowest BCUT2D eigenvalue weighted by Crippen LogP contribution is -2.49. The number of piperidine rings is 1. The van der Waals surface area contributed by atoms with E-state index in [2.05, 4.69) is 23.7 Å². The van der Waals surface area contributed by atoms with Gasteiger partial charge in [0.25, 0.3) is 0 Å². The fourth-order valence-electron chi connectivity index (χ4n) is 2.25. The summed E-state index contributed by atoms with van der Waals surface area (Å²) in [6.45, 7) is 6.06. The van der Waals surface area contributed by atoms with Crippen LogP contribution in [0.1, 0.15) is 32.3 Å². The molecule has 2 rings (SSSR count). The summed E-state index contributed by atoms with van der Waals surface area (Å²) in [5, 5.41) is 0. The van der Waals surface area contributed by atoms with Crippen molar-refractivity contribution in [3.8, 4) is 0 Å². The largest absolute Gasteiger partial charge is 0.300 e. The van der Waals surface area contributed by atoms with Gasteiger partial charge >= 0.3 is 0 Å². The van der Waals surface area contributed by atoms with E-state index < -0.39 is 0 Å². The second-order valence-corrected chi connectivity index (χ2v) is 5.05. The summed E-state index contributed by atoms with van der Waals surface area (Å²) in [5.74, 6) is 0.385. The summed E-state index contributed by atoms with van der Waals surface area (Å²) in [6.07, 6.45) is 4.99. The van der Waals surface area contributed by atoms with E-state index in [4.69, 9.17) is 0 Å². The molecule has 1 fully saturated rings. The van der Waals surface area contributed by atoms with Gasteiger partial charge in [0.05, 0.1) is 0 Å². The van der Waals surface area contributed by atoms with Crippen LogP contribution in [0, 0.1) is 0 Å². The van der Waals surface area contributed by atoms with Crippen molar-refractivity contribution < 1.29 is 4.79 Å². The highest BCUT2D eigenvalue weighted by Crippen LogP contribution is 2.26. The van der Waals surface area contributed by atoms with Crippen LogP contribution in [0.3, 0.4) is 0 Å². The third kappa shape index (κ3) is 2.47. The Kier molecular flexibility index (Phi) is 3.06. The standard InChI is InChI=1S/C13H18N2O/c1-13(2)9-12(16)5-8-15(13)10-11-3-6-14-7-4-11/h3-4,6-7H,5,8-10H2,1-2H3. The summed E-state index contributed by atoms with van der Waals surface area (Å²) in [7, 11) is 0. The van der Waals surface area contributed by atoms with Gasteiger partial charge in [0.2, 0.25) is 0 Å². The van der Waals surface area contributed by atoms with Crippen LogP contribution < -0.4 is 0 Å². The van der Waals surface area contributed by atoms with Gasteiger partial charge in [-0.2, -0.15) is 0 Å². The van der Waals surface area contributed by atoms with Crippen LogP contribution in [0.2, 0.25) is 0 Å². The number of nitrogens with zero attached hydrogens (tertiary/aromatic N) is 2. The first-order valence-corrected chi connectivity index (χ1v) is 5.73. The molecule has 1 aliphatic heterocycles. The van der Waals surface area contributed by atoms with E-state index in [1.807, 2.05) is 24.5 Å². The number of likely N-dealkylation sites (tertiary alicyclic amines) is 1. The number of rotatable bonds is 2. The molecule has 0 N–H and O–H groups in total. The first kappa shape index (κ1) is 11.3. The van der Waals surface area contributed by atoms with Crippen LogP contribution in [-0.4, -0.2) is 27.8 Å². The molecule has 0 bridgehead atoms. The van der Waals surface area contributed by atoms with E-state index in [1.54, 1.807) is 0 Å².